The van der Waals surface area contributed by atoms with Gasteiger partial charge in [-0.1, -0.05) is 6.58 Å². The van der Waals surface area contributed by atoms with Crippen molar-refractivity contribution < 1.29 is 24.4 Å². The first-order valence-corrected chi connectivity index (χ1v) is 5.69. The molecule has 4 atom stereocenters. The van der Waals surface area contributed by atoms with Crippen LogP contribution in [0.4, 0.5) is 4.39 Å². The number of nitrogens with one attached hydrogen (secondary N) is 1. The van der Waals surface area contributed by atoms with Gasteiger partial charge in [0.15, 0.2) is 6.23 Å². The standard InChI is InChI=1S/C11H13FN2O6/c1-4-7(16)6(3-15)20-10(8(4)17)14-2-5(12)9(18)13-11(14)19/h2,6-8,10,15-17H,1,3H2,(H,13,18,19)/t6-,7+,8-,10-/m1/s1. The summed E-state index contributed by atoms with van der Waals surface area (Å²) in [6.45, 7) is 2.85. The topological polar surface area (TPSA) is 125 Å². The van der Waals surface area contributed by atoms with Gasteiger partial charge in [0.2, 0.25) is 5.82 Å². The Morgan fingerprint density at radius 2 is 2.05 bits per heavy atom. The zero-order chi connectivity index (χ0) is 15.0. The molecule has 0 radical (unpaired) electrons. The van der Waals surface area contributed by atoms with E-state index in [-0.39, 0.29) is 5.57 Å². The Balaban J connectivity index is 2.46. The van der Waals surface area contributed by atoms with Crippen molar-refractivity contribution in [3.8, 4) is 0 Å². The fourth-order valence-corrected chi connectivity index (χ4v) is 1.94. The second kappa shape index (κ2) is 5.29. The Bertz CT molecular complexity index is 639. The minimum absolute atomic E-state index is 0.0844. The first-order valence-electron chi connectivity index (χ1n) is 5.69. The Labute approximate surface area is 111 Å². The van der Waals surface area contributed by atoms with Crippen LogP contribution >= 0.6 is 0 Å². The molecule has 110 valence electrons. The van der Waals surface area contributed by atoms with Crippen molar-refractivity contribution >= 4 is 0 Å². The summed E-state index contributed by atoms with van der Waals surface area (Å²) < 4.78 is 19.0. The summed E-state index contributed by atoms with van der Waals surface area (Å²) in [4.78, 5) is 24.3. The molecule has 2 heterocycles. The number of hydrogen-bond acceptors (Lipinski definition) is 6. The van der Waals surface area contributed by atoms with Crippen LogP contribution in [0.25, 0.3) is 0 Å². The van der Waals surface area contributed by atoms with E-state index in [2.05, 4.69) is 6.58 Å². The fourth-order valence-electron chi connectivity index (χ4n) is 1.94. The zero-order valence-electron chi connectivity index (χ0n) is 10.2. The number of rotatable bonds is 2. The third kappa shape index (κ3) is 2.31. The van der Waals surface area contributed by atoms with Gasteiger partial charge in [0.25, 0.3) is 5.56 Å². The van der Waals surface area contributed by atoms with Crippen molar-refractivity contribution in [1.29, 1.82) is 0 Å². The number of ether oxygens (including phenoxy) is 1. The predicted octanol–water partition coefficient (Wildman–Crippen LogP) is -2.16. The predicted molar refractivity (Wildman–Crippen MR) is 63.4 cm³/mol. The lowest BCUT2D eigenvalue weighted by atomic mass is 9.96. The van der Waals surface area contributed by atoms with Crippen LogP contribution in [0.3, 0.4) is 0 Å². The fraction of sp³-hybridized carbons (Fsp3) is 0.455. The Morgan fingerprint density at radius 1 is 1.40 bits per heavy atom. The van der Waals surface area contributed by atoms with Crippen LogP contribution in [0.1, 0.15) is 6.23 Å². The van der Waals surface area contributed by atoms with Crippen molar-refractivity contribution in [2.75, 3.05) is 6.61 Å². The highest BCUT2D eigenvalue weighted by molar-refractivity contribution is 5.15. The van der Waals surface area contributed by atoms with Crippen molar-refractivity contribution in [3.05, 3.63) is 45.0 Å². The zero-order valence-corrected chi connectivity index (χ0v) is 10.2. The molecular formula is C11H13FN2O6. The summed E-state index contributed by atoms with van der Waals surface area (Å²) in [6, 6.07) is 0. The monoisotopic (exact) mass is 288 g/mol. The molecule has 1 aromatic rings. The molecule has 0 amide bonds. The molecule has 1 aliphatic rings. The molecule has 2 rings (SSSR count). The van der Waals surface area contributed by atoms with E-state index < -0.39 is 48.2 Å². The van der Waals surface area contributed by atoms with E-state index in [0.717, 1.165) is 0 Å². The molecule has 0 aromatic carbocycles. The lowest BCUT2D eigenvalue weighted by Crippen LogP contribution is -2.50. The largest absolute Gasteiger partial charge is 0.394 e. The van der Waals surface area contributed by atoms with Gasteiger partial charge in [-0.05, 0) is 5.57 Å². The van der Waals surface area contributed by atoms with Gasteiger partial charge in [0.1, 0.15) is 18.3 Å². The van der Waals surface area contributed by atoms with E-state index in [1.165, 1.54) is 0 Å². The molecule has 9 heteroatoms. The highest BCUT2D eigenvalue weighted by Gasteiger charge is 2.40. The number of halogens is 1. The number of nitrogens with zero attached hydrogens (tertiary/aromatic N) is 1. The smallest absolute Gasteiger partial charge is 0.330 e. The molecule has 20 heavy (non-hydrogen) atoms. The van der Waals surface area contributed by atoms with Gasteiger partial charge < -0.3 is 20.1 Å². The minimum Gasteiger partial charge on any atom is -0.394 e. The number of aromatic amines is 1. The molecule has 0 aliphatic carbocycles. The molecule has 1 aromatic heterocycles. The molecule has 8 nitrogen and oxygen atoms in total. The number of aromatic nitrogens is 2. The van der Waals surface area contributed by atoms with E-state index in [9.17, 15) is 24.2 Å². The third-order valence-electron chi connectivity index (χ3n) is 3.07. The van der Waals surface area contributed by atoms with Gasteiger partial charge in [-0.3, -0.25) is 14.3 Å². The Kier molecular flexibility index (Phi) is 3.86. The highest BCUT2D eigenvalue weighted by Crippen LogP contribution is 2.29. The van der Waals surface area contributed by atoms with Crippen molar-refractivity contribution in [2.24, 2.45) is 0 Å². The van der Waals surface area contributed by atoms with E-state index in [1.807, 2.05) is 0 Å². The maximum Gasteiger partial charge on any atom is 0.330 e. The van der Waals surface area contributed by atoms with Gasteiger partial charge in [0.05, 0.1) is 12.8 Å². The minimum atomic E-state index is -1.50. The summed E-state index contributed by atoms with van der Waals surface area (Å²) in [6.07, 6.45) is -4.79. The second-order valence-corrected chi connectivity index (χ2v) is 4.36. The summed E-state index contributed by atoms with van der Waals surface area (Å²) >= 11 is 0. The number of aliphatic hydroxyl groups is 3. The molecule has 0 unspecified atom stereocenters. The highest BCUT2D eigenvalue weighted by atomic mass is 19.1. The van der Waals surface area contributed by atoms with E-state index in [1.54, 1.807) is 4.98 Å². The first kappa shape index (κ1) is 14.6. The normalized spacial score (nSPS) is 30.5. The van der Waals surface area contributed by atoms with Crippen LogP contribution in [-0.2, 0) is 4.74 Å². The lowest BCUT2D eigenvalue weighted by molar-refractivity contribution is -0.180. The van der Waals surface area contributed by atoms with Crippen LogP contribution in [0.2, 0.25) is 0 Å². The summed E-state index contributed by atoms with van der Waals surface area (Å²) in [5.74, 6) is -1.24. The average molecular weight is 288 g/mol. The van der Waals surface area contributed by atoms with Crippen molar-refractivity contribution in [2.45, 2.75) is 24.5 Å². The number of hydrogen-bond donors (Lipinski definition) is 4. The molecule has 1 fully saturated rings. The third-order valence-corrected chi connectivity index (χ3v) is 3.07. The first-order chi connectivity index (χ1) is 9.36. The quantitative estimate of drug-likeness (QED) is 0.460. The van der Waals surface area contributed by atoms with Gasteiger partial charge in [0, 0.05) is 0 Å². The number of aliphatic hydroxyl groups excluding tert-OH is 3. The molecule has 0 saturated carbocycles. The van der Waals surface area contributed by atoms with Crippen LogP contribution in [-0.4, -0.2) is 49.8 Å². The maximum atomic E-state index is 13.2. The average Bonchev–Trinajstić information content (AvgIpc) is 2.41. The SMILES string of the molecule is C=C1[C@@H](O)[C@H](n2cc(F)c(=O)[nH]c2=O)O[C@H](CO)[C@H]1O. The summed E-state index contributed by atoms with van der Waals surface area (Å²) in [7, 11) is 0. The van der Waals surface area contributed by atoms with Crippen molar-refractivity contribution in [3.63, 3.8) is 0 Å². The van der Waals surface area contributed by atoms with Gasteiger partial charge in [-0.25, -0.2) is 4.79 Å². The summed E-state index contributed by atoms with van der Waals surface area (Å²) in [5.41, 5.74) is -2.28. The Morgan fingerprint density at radius 3 is 2.65 bits per heavy atom. The van der Waals surface area contributed by atoms with Crippen LogP contribution in [0, 0.1) is 5.82 Å². The van der Waals surface area contributed by atoms with Crippen LogP contribution < -0.4 is 11.2 Å². The number of H-pyrrole nitrogens is 1. The maximum absolute atomic E-state index is 13.2. The molecule has 4 N–H and O–H groups in total. The molecule has 1 saturated heterocycles. The lowest BCUT2D eigenvalue weighted by Gasteiger charge is -2.38. The summed E-state index contributed by atoms with van der Waals surface area (Å²) in [5, 5.41) is 28.7. The molecular weight excluding hydrogens is 275 g/mol. The van der Waals surface area contributed by atoms with E-state index >= 15 is 0 Å². The molecule has 0 spiro atoms. The molecule has 1 aliphatic heterocycles. The van der Waals surface area contributed by atoms with Crippen LogP contribution in [0.15, 0.2) is 27.9 Å². The molecule has 0 bridgehead atoms. The second-order valence-electron chi connectivity index (χ2n) is 4.36. The van der Waals surface area contributed by atoms with Gasteiger partial charge in [-0.15, -0.1) is 0 Å². The van der Waals surface area contributed by atoms with Gasteiger partial charge >= 0.3 is 5.69 Å². The van der Waals surface area contributed by atoms with E-state index in [0.29, 0.717) is 10.8 Å². The van der Waals surface area contributed by atoms with Crippen molar-refractivity contribution in [1.82, 2.24) is 9.55 Å². The van der Waals surface area contributed by atoms with Crippen LogP contribution in [0.5, 0.6) is 0 Å². The van der Waals surface area contributed by atoms with E-state index in [4.69, 9.17) is 9.84 Å². The Hall–Kier alpha value is -1.81. The van der Waals surface area contributed by atoms with Gasteiger partial charge in [-0.2, -0.15) is 4.39 Å².